The van der Waals surface area contributed by atoms with Crippen LogP contribution in [-0.4, -0.2) is 44.3 Å². The maximum Gasteiger partial charge on any atom is 0.321 e. The van der Waals surface area contributed by atoms with Gasteiger partial charge in [-0.2, -0.15) is 0 Å². The highest BCUT2D eigenvalue weighted by molar-refractivity contribution is 5.80. The van der Waals surface area contributed by atoms with Crippen molar-refractivity contribution in [3.8, 4) is 0 Å². The Hall–Kier alpha value is -2.87. The molecule has 22 heavy (non-hydrogen) atoms. The van der Waals surface area contributed by atoms with Crippen LogP contribution in [0.15, 0.2) is 36.5 Å². The Morgan fingerprint density at radius 1 is 1.14 bits per heavy atom. The lowest BCUT2D eigenvalue weighted by Crippen LogP contribution is -2.32. The van der Waals surface area contributed by atoms with Crippen LogP contribution in [0.3, 0.4) is 0 Å². The quantitative estimate of drug-likeness (QED) is 0.569. The lowest BCUT2D eigenvalue weighted by Gasteiger charge is -1.99. The number of nitrogens with one attached hydrogen (secondary N) is 1. The molecule has 6 N–H and O–H groups in total. The fraction of sp³-hybridized carbons (Fsp3) is 0.214. The van der Waals surface area contributed by atoms with E-state index in [4.69, 9.17) is 25.8 Å². The smallest absolute Gasteiger partial charge is 0.321 e. The fourth-order valence-corrected chi connectivity index (χ4v) is 1.27. The van der Waals surface area contributed by atoms with E-state index < -0.39 is 30.4 Å². The van der Waals surface area contributed by atoms with Gasteiger partial charge < -0.3 is 26.0 Å². The summed E-state index contributed by atoms with van der Waals surface area (Å²) in [5.74, 6) is -3.33. The Morgan fingerprint density at radius 2 is 1.68 bits per heavy atom. The second-order valence-corrected chi connectivity index (χ2v) is 4.13. The van der Waals surface area contributed by atoms with Gasteiger partial charge in [-0.15, -0.1) is 0 Å². The molecule has 1 aromatic heterocycles. The Labute approximate surface area is 126 Å². The molecule has 1 heterocycles. The van der Waals surface area contributed by atoms with Crippen molar-refractivity contribution in [2.45, 2.75) is 19.4 Å². The summed E-state index contributed by atoms with van der Waals surface area (Å²) < 4.78 is 0. The molecule has 1 unspecified atom stereocenters. The van der Waals surface area contributed by atoms with Crippen LogP contribution in [0.2, 0.25) is 0 Å². The predicted octanol–water partition coefficient (Wildman–Crippen LogP) is 1.13. The molecule has 0 aliphatic carbocycles. The number of hydrogen-bond donors (Lipinski definition) is 5. The van der Waals surface area contributed by atoms with Gasteiger partial charge in [-0.3, -0.25) is 14.4 Å². The number of nitrogens with two attached hydrogens (primary N) is 1. The molecular weight excluding hydrogens is 292 g/mol. The Balaban J connectivity index is 0.000000326. The predicted molar refractivity (Wildman–Crippen MR) is 79.5 cm³/mol. The summed E-state index contributed by atoms with van der Waals surface area (Å²) in [4.78, 5) is 31.7. The highest BCUT2D eigenvalue weighted by Crippen LogP contribution is 2.09. The maximum absolute atomic E-state index is 9.85. The summed E-state index contributed by atoms with van der Waals surface area (Å²) in [5, 5.41) is 24.7. The van der Waals surface area contributed by atoms with Gasteiger partial charge in [0.05, 0.1) is 6.42 Å². The van der Waals surface area contributed by atoms with Gasteiger partial charge in [0.2, 0.25) is 0 Å². The van der Waals surface area contributed by atoms with Gasteiger partial charge in [-0.1, -0.05) is 18.2 Å². The van der Waals surface area contributed by atoms with E-state index in [1.165, 1.54) is 10.9 Å². The third-order valence-electron chi connectivity index (χ3n) is 2.17. The minimum absolute atomic E-state index is 0.532. The number of rotatable bonds is 3. The average molecular weight is 310 g/mol. The van der Waals surface area contributed by atoms with Crippen LogP contribution in [0.5, 0.6) is 0 Å². The molecule has 0 radical (unpaired) electrons. The number of benzene rings is 1. The molecule has 0 spiro atoms. The summed E-state index contributed by atoms with van der Waals surface area (Å²) in [6, 6.07) is 8.99. The second-order valence-electron chi connectivity index (χ2n) is 4.13. The van der Waals surface area contributed by atoms with Crippen molar-refractivity contribution < 1.29 is 29.7 Å². The summed E-state index contributed by atoms with van der Waals surface area (Å²) in [6.07, 6.45) is 1.42. The first-order chi connectivity index (χ1) is 10.2. The van der Waals surface area contributed by atoms with E-state index in [9.17, 15) is 9.59 Å². The Kier molecular flexibility index (Phi) is 8.65. The summed E-state index contributed by atoms with van der Waals surface area (Å²) in [6.45, 7) is 1.08. The van der Waals surface area contributed by atoms with E-state index in [2.05, 4.69) is 23.2 Å². The van der Waals surface area contributed by atoms with Crippen molar-refractivity contribution >= 4 is 28.8 Å². The third kappa shape index (κ3) is 9.10. The van der Waals surface area contributed by atoms with Crippen molar-refractivity contribution in [1.29, 1.82) is 0 Å². The monoisotopic (exact) mass is 310 g/mol. The number of aromatic nitrogens is 1. The minimum atomic E-state index is -1.29. The van der Waals surface area contributed by atoms with E-state index in [0.29, 0.717) is 0 Å². The van der Waals surface area contributed by atoms with Crippen molar-refractivity contribution in [1.82, 2.24) is 4.98 Å². The topological polar surface area (TPSA) is 154 Å². The SMILES string of the molecule is CC(=O)O.NC(CC(=O)O)C(=O)O.c1ccc2[nH]ccc2c1. The Morgan fingerprint density at radius 3 is 2.09 bits per heavy atom. The summed E-state index contributed by atoms with van der Waals surface area (Å²) in [5.41, 5.74) is 6.04. The highest BCUT2D eigenvalue weighted by Gasteiger charge is 2.14. The number of carboxylic acid groups (broad SMARTS) is 3. The van der Waals surface area contributed by atoms with Gasteiger partial charge in [-0.05, 0) is 17.5 Å². The molecule has 120 valence electrons. The maximum atomic E-state index is 9.85. The van der Waals surface area contributed by atoms with Crippen LogP contribution in [-0.2, 0) is 14.4 Å². The molecule has 0 aliphatic rings. The van der Waals surface area contributed by atoms with Crippen molar-refractivity contribution in [2.24, 2.45) is 5.73 Å². The molecule has 2 aromatic rings. The van der Waals surface area contributed by atoms with E-state index in [0.717, 1.165) is 6.92 Å². The zero-order chi connectivity index (χ0) is 17.1. The molecule has 0 aliphatic heterocycles. The van der Waals surface area contributed by atoms with Crippen LogP contribution < -0.4 is 5.73 Å². The molecule has 0 fully saturated rings. The van der Waals surface area contributed by atoms with E-state index in [-0.39, 0.29) is 0 Å². The van der Waals surface area contributed by atoms with Crippen molar-refractivity contribution in [2.75, 3.05) is 0 Å². The molecule has 8 heteroatoms. The molecule has 0 amide bonds. The van der Waals surface area contributed by atoms with Gasteiger partial charge in [0.25, 0.3) is 5.97 Å². The Bertz CT molecular complexity index is 588. The molecular formula is C14H18N2O6. The van der Waals surface area contributed by atoms with Gasteiger partial charge >= 0.3 is 11.9 Å². The van der Waals surface area contributed by atoms with Crippen molar-refractivity contribution in [3.63, 3.8) is 0 Å². The van der Waals surface area contributed by atoms with Gasteiger partial charge in [0, 0.05) is 18.6 Å². The average Bonchev–Trinajstić information content (AvgIpc) is 2.86. The number of para-hydroxylation sites is 1. The molecule has 1 aromatic carbocycles. The number of hydrogen-bond acceptors (Lipinski definition) is 4. The van der Waals surface area contributed by atoms with Crippen LogP contribution in [0.4, 0.5) is 0 Å². The summed E-state index contributed by atoms with van der Waals surface area (Å²) in [7, 11) is 0. The molecule has 8 nitrogen and oxygen atoms in total. The highest BCUT2D eigenvalue weighted by atomic mass is 16.4. The van der Waals surface area contributed by atoms with Crippen LogP contribution >= 0.6 is 0 Å². The van der Waals surface area contributed by atoms with Crippen LogP contribution in [0.25, 0.3) is 10.9 Å². The summed E-state index contributed by atoms with van der Waals surface area (Å²) >= 11 is 0. The second kappa shape index (κ2) is 9.94. The number of aliphatic carboxylic acids is 3. The van der Waals surface area contributed by atoms with Gasteiger partial charge in [0.15, 0.2) is 0 Å². The van der Waals surface area contributed by atoms with E-state index in [1.807, 2.05) is 18.3 Å². The first-order valence-electron chi connectivity index (χ1n) is 6.16. The van der Waals surface area contributed by atoms with Crippen molar-refractivity contribution in [3.05, 3.63) is 36.5 Å². The fourth-order valence-electron chi connectivity index (χ4n) is 1.27. The van der Waals surface area contributed by atoms with E-state index in [1.54, 1.807) is 0 Å². The third-order valence-corrected chi connectivity index (χ3v) is 2.17. The lowest BCUT2D eigenvalue weighted by molar-refractivity contribution is -0.144. The first-order valence-corrected chi connectivity index (χ1v) is 6.16. The number of carboxylic acids is 3. The van der Waals surface area contributed by atoms with E-state index >= 15 is 0 Å². The van der Waals surface area contributed by atoms with Gasteiger partial charge in [-0.25, -0.2) is 0 Å². The van der Waals surface area contributed by atoms with Gasteiger partial charge in [0.1, 0.15) is 6.04 Å². The number of H-pyrrole nitrogens is 1. The molecule has 2 rings (SSSR count). The molecule has 0 saturated heterocycles. The largest absolute Gasteiger partial charge is 0.481 e. The standard InChI is InChI=1S/C8H7N.C4H7NO4.C2H4O2/c1-2-4-8-7(3-1)5-6-9-8;5-2(4(8)9)1-3(6)7;1-2(3)4/h1-6,9H;2H,1,5H2,(H,6,7)(H,8,9);1H3,(H,3,4). The minimum Gasteiger partial charge on any atom is -0.481 e. The number of carbonyl (C=O) groups is 3. The number of fused-ring (bicyclic) bond motifs is 1. The number of aromatic amines is 1. The molecule has 1 atom stereocenters. The van der Waals surface area contributed by atoms with Crippen LogP contribution in [0, 0.1) is 0 Å². The normalized spacial score (nSPS) is 10.5. The van der Waals surface area contributed by atoms with Crippen LogP contribution in [0.1, 0.15) is 13.3 Å². The molecule has 0 saturated carbocycles. The zero-order valence-corrected chi connectivity index (χ0v) is 11.9. The first kappa shape index (κ1) is 19.1. The molecule has 0 bridgehead atoms. The lowest BCUT2D eigenvalue weighted by atomic mass is 10.2. The zero-order valence-electron chi connectivity index (χ0n) is 11.9.